The van der Waals surface area contributed by atoms with E-state index in [1.54, 1.807) is 0 Å². The van der Waals surface area contributed by atoms with Gasteiger partial charge in [-0.2, -0.15) is 0 Å². The molecule has 0 aliphatic carbocycles. The average molecular weight is 275 g/mol. The van der Waals surface area contributed by atoms with Crippen molar-refractivity contribution in [3.63, 3.8) is 0 Å². The van der Waals surface area contributed by atoms with Crippen LogP contribution in [0.3, 0.4) is 0 Å². The molecule has 0 bridgehead atoms. The van der Waals surface area contributed by atoms with Crippen LogP contribution in [-0.2, 0) is 0 Å². The summed E-state index contributed by atoms with van der Waals surface area (Å²) in [6.45, 7) is 7.53. The highest BCUT2D eigenvalue weighted by Crippen LogP contribution is 2.22. The van der Waals surface area contributed by atoms with Crippen molar-refractivity contribution < 1.29 is 0 Å². The van der Waals surface area contributed by atoms with Crippen LogP contribution in [0.2, 0.25) is 0 Å². The van der Waals surface area contributed by atoms with Gasteiger partial charge in [-0.25, -0.2) is 9.97 Å². The van der Waals surface area contributed by atoms with Crippen LogP contribution in [0.25, 0.3) is 5.65 Å². The first-order chi connectivity index (χ1) is 9.67. The molecule has 0 saturated heterocycles. The first-order valence-corrected chi connectivity index (χ1v) is 7.47. The van der Waals surface area contributed by atoms with Gasteiger partial charge in [-0.1, -0.05) is 20.3 Å². The molecule has 1 unspecified atom stereocenters. The van der Waals surface area contributed by atoms with E-state index in [1.807, 2.05) is 23.0 Å². The Labute approximate surface area is 121 Å². The molecule has 0 fully saturated rings. The van der Waals surface area contributed by atoms with Crippen molar-refractivity contribution in [1.82, 2.24) is 14.4 Å². The van der Waals surface area contributed by atoms with E-state index >= 15 is 0 Å². The van der Waals surface area contributed by atoms with Crippen molar-refractivity contribution in [2.24, 2.45) is 0 Å². The second-order valence-corrected chi connectivity index (χ2v) is 5.28. The lowest BCUT2D eigenvalue weighted by Crippen LogP contribution is -2.30. The van der Waals surface area contributed by atoms with E-state index in [-0.39, 0.29) is 0 Å². The summed E-state index contributed by atoms with van der Waals surface area (Å²) >= 11 is 0. The Balaban J connectivity index is 2.36. The van der Waals surface area contributed by atoms with Gasteiger partial charge in [-0.05, 0) is 19.8 Å². The van der Waals surface area contributed by atoms with E-state index in [1.165, 1.54) is 6.42 Å². The second-order valence-electron chi connectivity index (χ2n) is 5.28. The SMILES string of the molecule is CCCNc1cn2ccnc2c(N(C)C(C)CCC)n1. The Morgan fingerprint density at radius 1 is 1.35 bits per heavy atom. The highest BCUT2D eigenvalue weighted by molar-refractivity contribution is 5.66. The number of rotatable bonds is 7. The highest BCUT2D eigenvalue weighted by Gasteiger charge is 2.16. The fourth-order valence-electron chi connectivity index (χ4n) is 2.31. The van der Waals surface area contributed by atoms with Crippen LogP contribution >= 0.6 is 0 Å². The maximum absolute atomic E-state index is 4.75. The van der Waals surface area contributed by atoms with Crippen LogP contribution in [0, 0.1) is 0 Å². The molecule has 0 saturated carbocycles. The summed E-state index contributed by atoms with van der Waals surface area (Å²) in [5, 5.41) is 3.36. The van der Waals surface area contributed by atoms with Crippen LogP contribution in [0.15, 0.2) is 18.6 Å². The van der Waals surface area contributed by atoms with Crippen molar-refractivity contribution in [2.75, 3.05) is 23.8 Å². The summed E-state index contributed by atoms with van der Waals surface area (Å²) in [4.78, 5) is 11.4. The number of hydrogen-bond acceptors (Lipinski definition) is 4. The Hall–Kier alpha value is -1.78. The second kappa shape index (κ2) is 6.59. The van der Waals surface area contributed by atoms with E-state index in [9.17, 15) is 0 Å². The Bertz CT molecular complexity index is 548. The van der Waals surface area contributed by atoms with Crippen LogP contribution in [-0.4, -0.2) is 34.0 Å². The van der Waals surface area contributed by atoms with Crippen molar-refractivity contribution >= 4 is 17.3 Å². The normalized spacial score (nSPS) is 12.6. The molecule has 0 aliphatic rings. The molecule has 1 N–H and O–H groups in total. The molecule has 0 radical (unpaired) electrons. The van der Waals surface area contributed by atoms with E-state index in [0.29, 0.717) is 6.04 Å². The molecule has 110 valence electrons. The summed E-state index contributed by atoms with van der Waals surface area (Å²) in [6, 6.07) is 0.453. The summed E-state index contributed by atoms with van der Waals surface area (Å²) < 4.78 is 2.04. The van der Waals surface area contributed by atoms with E-state index < -0.39 is 0 Å². The minimum atomic E-state index is 0.453. The minimum Gasteiger partial charge on any atom is -0.369 e. The maximum Gasteiger partial charge on any atom is 0.180 e. The Morgan fingerprint density at radius 2 is 2.15 bits per heavy atom. The van der Waals surface area contributed by atoms with Gasteiger partial charge in [0, 0.05) is 32.0 Å². The summed E-state index contributed by atoms with van der Waals surface area (Å²) in [7, 11) is 2.10. The molecule has 2 heterocycles. The molecule has 2 rings (SSSR count). The predicted molar refractivity (Wildman–Crippen MR) is 84.5 cm³/mol. The fraction of sp³-hybridized carbons (Fsp3) is 0.600. The zero-order valence-electron chi connectivity index (χ0n) is 12.9. The molecular weight excluding hydrogens is 250 g/mol. The zero-order chi connectivity index (χ0) is 14.5. The topological polar surface area (TPSA) is 45.5 Å². The van der Waals surface area contributed by atoms with Crippen LogP contribution in [0.4, 0.5) is 11.6 Å². The first kappa shape index (κ1) is 14.6. The van der Waals surface area contributed by atoms with Gasteiger partial charge in [-0.15, -0.1) is 0 Å². The number of anilines is 2. The van der Waals surface area contributed by atoms with Crippen molar-refractivity contribution in [1.29, 1.82) is 0 Å². The van der Waals surface area contributed by atoms with Gasteiger partial charge < -0.3 is 14.6 Å². The van der Waals surface area contributed by atoms with Crippen molar-refractivity contribution in [3.05, 3.63) is 18.6 Å². The molecule has 5 heteroatoms. The lowest BCUT2D eigenvalue weighted by molar-refractivity contribution is 0.611. The highest BCUT2D eigenvalue weighted by atomic mass is 15.2. The summed E-state index contributed by atoms with van der Waals surface area (Å²) in [5.41, 5.74) is 0.914. The van der Waals surface area contributed by atoms with Gasteiger partial charge in [-0.3, -0.25) is 0 Å². The van der Waals surface area contributed by atoms with Crippen LogP contribution in [0.5, 0.6) is 0 Å². The molecule has 2 aromatic heterocycles. The minimum absolute atomic E-state index is 0.453. The number of hydrogen-bond donors (Lipinski definition) is 1. The number of nitrogens with one attached hydrogen (secondary N) is 1. The van der Waals surface area contributed by atoms with Gasteiger partial charge in [0.25, 0.3) is 0 Å². The number of fused-ring (bicyclic) bond motifs is 1. The molecule has 0 amide bonds. The Morgan fingerprint density at radius 3 is 2.85 bits per heavy atom. The number of nitrogens with zero attached hydrogens (tertiary/aromatic N) is 4. The average Bonchev–Trinajstić information content (AvgIpc) is 2.91. The zero-order valence-corrected chi connectivity index (χ0v) is 12.9. The molecule has 5 nitrogen and oxygen atoms in total. The van der Waals surface area contributed by atoms with Gasteiger partial charge in [0.05, 0.1) is 6.20 Å². The van der Waals surface area contributed by atoms with Crippen molar-refractivity contribution in [3.8, 4) is 0 Å². The molecule has 20 heavy (non-hydrogen) atoms. The predicted octanol–water partition coefficient (Wildman–Crippen LogP) is 3.18. The third-order valence-electron chi connectivity index (χ3n) is 3.61. The first-order valence-electron chi connectivity index (χ1n) is 7.47. The number of imidazole rings is 1. The third-order valence-corrected chi connectivity index (χ3v) is 3.61. The van der Waals surface area contributed by atoms with Gasteiger partial charge in [0.1, 0.15) is 5.82 Å². The van der Waals surface area contributed by atoms with Gasteiger partial charge in [0.15, 0.2) is 11.5 Å². The number of aromatic nitrogens is 3. The lowest BCUT2D eigenvalue weighted by atomic mass is 10.2. The van der Waals surface area contributed by atoms with Crippen LogP contribution in [0.1, 0.15) is 40.0 Å². The molecule has 0 aliphatic heterocycles. The van der Waals surface area contributed by atoms with Gasteiger partial charge in [0.2, 0.25) is 0 Å². The lowest BCUT2D eigenvalue weighted by Gasteiger charge is -2.26. The van der Waals surface area contributed by atoms with E-state index in [2.05, 4.69) is 43.0 Å². The van der Waals surface area contributed by atoms with Crippen molar-refractivity contribution in [2.45, 2.75) is 46.1 Å². The quantitative estimate of drug-likeness (QED) is 0.843. The molecule has 2 aromatic rings. The molecule has 0 spiro atoms. The third kappa shape index (κ3) is 3.03. The fourth-order valence-corrected chi connectivity index (χ4v) is 2.31. The monoisotopic (exact) mass is 275 g/mol. The van der Waals surface area contributed by atoms with E-state index in [0.717, 1.165) is 36.7 Å². The standard InChI is InChI=1S/C15H25N5/c1-5-7-12(3)19(4)15-14-17-9-10-20(14)11-13(18-15)16-8-6-2/h9-12,16H,5-8H2,1-4H3. The van der Waals surface area contributed by atoms with E-state index in [4.69, 9.17) is 4.98 Å². The maximum atomic E-state index is 4.75. The largest absolute Gasteiger partial charge is 0.369 e. The smallest absolute Gasteiger partial charge is 0.180 e. The Kier molecular flexibility index (Phi) is 4.82. The van der Waals surface area contributed by atoms with Gasteiger partial charge >= 0.3 is 0 Å². The molecular formula is C15H25N5. The van der Waals surface area contributed by atoms with Crippen LogP contribution < -0.4 is 10.2 Å². The molecule has 0 aromatic carbocycles. The summed E-state index contributed by atoms with van der Waals surface area (Å²) in [6.07, 6.45) is 9.20. The molecule has 1 atom stereocenters. The summed E-state index contributed by atoms with van der Waals surface area (Å²) in [5.74, 6) is 1.85.